The van der Waals surface area contributed by atoms with Crippen LogP contribution in [0.25, 0.3) is 0 Å². The molecule has 18 heavy (non-hydrogen) atoms. The molecule has 0 bridgehead atoms. The molecule has 0 aliphatic carbocycles. The summed E-state index contributed by atoms with van der Waals surface area (Å²) in [6.07, 6.45) is 0.795. The van der Waals surface area contributed by atoms with Gasteiger partial charge in [-0.3, -0.25) is 9.00 Å². The van der Waals surface area contributed by atoms with Crippen molar-refractivity contribution in [2.24, 2.45) is 0 Å². The molecule has 0 amide bonds. The molecule has 0 saturated heterocycles. The Labute approximate surface area is 115 Å². The first-order valence-corrected chi connectivity index (χ1v) is 7.49. The summed E-state index contributed by atoms with van der Waals surface area (Å²) in [4.78, 5) is 11.9. The predicted molar refractivity (Wildman–Crippen MR) is 75.1 cm³/mol. The van der Waals surface area contributed by atoms with Crippen molar-refractivity contribution in [3.8, 4) is 5.75 Å². The van der Waals surface area contributed by atoms with Gasteiger partial charge in [0, 0.05) is 21.6 Å². The van der Waals surface area contributed by atoms with Crippen LogP contribution in [0.15, 0.2) is 18.2 Å². The number of ether oxygens (including phenoxy) is 1. The van der Waals surface area contributed by atoms with Gasteiger partial charge in [-0.15, -0.1) is 0 Å². The van der Waals surface area contributed by atoms with Crippen molar-refractivity contribution in [2.45, 2.75) is 25.5 Å². The zero-order valence-corrected chi connectivity index (χ0v) is 12.3. The molecule has 5 heteroatoms. The number of carbonyl (C=O) groups is 1. The second kappa shape index (κ2) is 6.90. The third kappa shape index (κ3) is 3.82. The van der Waals surface area contributed by atoms with Crippen LogP contribution in [-0.4, -0.2) is 28.1 Å². The van der Waals surface area contributed by atoms with Crippen molar-refractivity contribution in [3.63, 3.8) is 0 Å². The van der Waals surface area contributed by atoms with Gasteiger partial charge in [0.1, 0.15) is 5.75 Å². The monoisotopic (exact) mass is 288 g/mol. The molecule has 0 radical (unpaired) electrons. The van der Waals surface area contributed by atoms with E-state index in [2.05, 4.69) is 0 Å². The van der Waals surface area contributed by atoms with Gasteiger partial charge in [0.05, 0.1) is 17.9 Å². The van der Waals surface area contributed by atoms with Gasteiger partial charge in [0.15, 0.2) is 5.78 Å². The quantitative estimate of drug-likeness (QED) is 0.756. The fourth-order valence-corrected chi connectivity index (χ4v) is 2.72. The summed E-state index contributed by atoms with van der Waals surface area (Å²) < 4.78 is 16.8. The van der Waals surface area contributed by atoms with E-state index in [9.17, 15) is 9.00 Å². The average molecular weight is 289 g/mol. The van der Waals surface area contributed by atoms with Gasteiger partial charge in [-0.25, -0.2) is 0 Å². The van der Waals surface area contributed by atoms with E-state index in [0.717, 1.165) is 6.42 Å². The van der Waals surface area contributed by atoms with E-state index in [0.29, 0.717) is 16.3 Å². The summed E-state index contributed by atoms with van der Waals surface area (Å²) in [6.45, 7) is 3.84. The van der Waals surface area contributed by atoms with Crippen LogP contribution in [0.1, 0.15) is 30.6 Å². The van der Waals surface area contributed by atoms with Gasteiger partial charge < -0.3 is 4.74 Å². The highest BCUT2D eigenvalue weighted by atomic mass is 35.5. The number of hydrogen-bond acceptors (Lipinski definition) is 3. The van der Waals surface area contributed by atoms with Crippen LogP contribution < -0.4 is 4.74 Å². The Balaban J connectivity index is 2.79. The van der Waals surface area contributed by atoms with Crippen LogP contribution >= 0.6 is 11.6 Å². The number of hydrogen-bond donors (Lipinski definition) is 0. The van der Waals surface area contributed by atoms with Gasteiger partial charge in [-0.05, 0) is 24.6 Å². The molecule has 0 N–H and O–H groups in total. The number of ketones is 1. The molecular formula is C13H17ClO3S. The fourth-order valence-electron chi connectivity index (χ4n) is 1.38. The zero-order valence-electron chi connectivity index (χ0n) is 10.7. The van der Waals surface area contributed by atoms with Crippen LogP contribution in [0, 0.1) is 0 Å². The number of Topliss-reactive ketones (excluding diaryl/α,β-unsaturated/α-hetero) is 1. The summed E-state index contributed by atoms with van der Waals surface area (Å²) in [5, 5.41) is 0.417. The van der Waals surface area contributed by atoms with Crippen molar-refractivity contribution in [2.75, 3.05) is 12.9 Å². The molecule has 0 saturated carbocycles. The van der Waals surface area contributed by atoms with Crippen molar-refractivity contribution in [1.29, 1.82) is 0 Å². The second-order valence-corrected chi connectivity index (χ2v) is 6.28. The third-order valence-electron chi connectivity index (χ3n) is 2.77. The normalized spacial score (nSPS) is 14.0. The van der Waals surface area contributed by atoms with Gasteiger partial charge >= 0.3 is 0 Å². The minimum Gasteiger partial charge on any atom is -0.495 e. The Morgan fingerprint density at radius 3 is 2.67 bits per heavy atom. The Morgan fingerprint density at radius 1 is 1.50 bits per heavy atom. The Hall–Kier alpha value is -0.870. The molecule has 0 aliphatic heterocycles. The van der Waals surface area contributed by atoms with E-state index >= 15 is 0 Å². The van der Waals surface area contributed by atoms with E-state index in [-0.39, 0.29) is 16.8 Å². The molecule has 0 aromatic heterocycles. The summed E-state index contributed by atoms with van der Waals surface area (Å²) >= 11 is 5.95. The Kier molecular flexibility index (Phi) is 5.82. The fraction of sp³-hybridized carbons (Fsp3) is 0.462. The molecule has 0 fully saturated rings. The smallest absolute Gasteiger partial charge is 0.175 e. The minimum absolute atomic E-state index is 0.0303. The van der Waals surface area contributed by atoms with Crippen molar-refractivity contribution in [1.82, 2.24) is 0 Å². The summed E-state index contributed by atoms with van der Waals surface area (Å²) in [5.74, 6) is 0.409. The van der Waals surface area contributed by atoms with Crippen LogP contribution in [-0.2, 0) is 10.8 Å². The molecule has 1 aromatic carbocycles. The van der Waals surface area contributed by atoms with Gasteiger partial charge in [0.25, 0.3) is 0 Å². The SMILES string of the molecule is CCC(C)S(=O)CC(=O)c1ccc(OC)c(Cl)c1. The van der Waals surface area contributed by atoms with Crippen molar-refractivity contribution >= 4 is 28.2 Å². The molecule has 3 nitrogen and oxygen atoms in total. The number of carbonyl (C=O) groups excluding carboxylic acids is 1. The van der Waals surface area contributed by atoms with Crippen LogP contribution in [0.5, 0.6) is 5.75 Å². The van der Waals surface area contributed by atoms with Gasteiger partial charge in [-0.1, -0.05) is 25.4 Å². The lowest BCUT2D eigenvalue weighted by Gasteiger charge is -2.09. The van der Waals surface area contributed by atoms with E-state index in [4.69, 9.17) is 16.3 Å². The topological polar surface area (TPSA) is 43.4 Å². The lowest BCUT2D eigenvalue weighted by atomic mass is 10.1. The molecule has 1 rings (SSSR count). The molecule has 0 heterocycles. The molecule has 0 aliphatic rings. The number of methoxy groups -OCH3 is 1. The number of rotatable bonds is 6. The molecule has 100 valence electrons. The maximum Gasteiger partial charge on any atom is 0.175 e. The Bertz CT molecular complexity index is 460. The van der Waals surface area contributed by atoms with E-state index < -0.39 is 10.8 Å². The first-order chi connectivity index (χ1) is 8.49. The largest absolute Gasteiger partial charge is 0.495 e. The van der Waals surface area contributed by atoms with Gasteiger partial charge in [0.2, 0.25) is 0 Å². The molecular weight excluding hydrogens is 272 g/mol. The van der Waals surface area contributed by atoms with E-state index in [1.165, 1.54) is 7.11 Å². The minimum atomic E-state index is -1.13. The maximum atomic E-state index is 11.9. The lowest BCUT2D eigenvalue weighted by Crippen LogP contribution is -2.19. The molecule has 0 spiro atoms. The molecule has 2 unspecified atom stereocenters. The highest BCUT2D eigenvalue weighted by Crippen LogP contribution is 2.25. The summed E-state index contributed by atoms with van der Waals surface area (Å²) in [7, 11) is 0.382. The predicted octanol–water partition coefficient (Wildman–Crippen LogP) is 3.08. The highest BCUT2D eigenvalue weighted by molar-refractivity contribution is 7.86. The zero-order chi connectivity index (χ0) is 13.7. The average Bonchev–Trinajstić information content (AvgIpc) is 2.37. The number of benzene rings is 1. The van der Waals surface area contributed by atoms with Crippen LogP contribution in [0.2, 0.25) is 5.02 Å². The maximum absolute atomic E-state index is 11.9. The first-order valence-electron chi connectivity index (χ1n) is 5.73. The third-order valence-corrected chi connectivity index (χ3v) is 4.84. The van der Waals surface area contributed by atoms with Crippen LogP contribution in [0.4, 0.5) is 0 Å². The van der Waals surface area contributed by atoms with E-state index in [1.807, 2.05) is 13.8 Å². The lowest BCUT2D eigenvalue weighted by molar-refractivity contribution is 0.102. The molecule has 2 atom stereocenters. The first kappa shape index (κ1) is 15.2. The summed E-state index contributed by atoms with van der Waals surface area (Å²) in [5.41, 5.74) is 0.470. The van der Waals surface area contributed by atoms with Gasteiger partial charge in [-0.2, -0.15) is 0 Å². The standard InChI is InChI=1S/C13H17ClO3S/c1-4-9(2)18(16)8-12(15)10-5-6-13(17-3)11(14)7-10/h5-7,9H,4,8H2,1-3H3. The Morgan fingerprint density at radius 2 is 2.17 bits per heavy atom. The second-order valence-electron chi connectivity index (χ2n) is 4.02. The number of halogens is 1. The highest BCUT2D eigenvalue weighted by Gasteiger charge is 2.16. The molecule has 1 aromatic rings. The van der Waals surface area contributed by atoms with Crippen molar-refractivity contribution < 1.29 is 13.7 Å². The summed E-state index contributed by atoms with van der Waals surface area (Å²) in [6, 6.07) is 4.83. The van der Waals surface area contributed by atoms with Crippen LogP contribution in [0.3, 0.4) is 0 Å². The van der Waals surface area contributed by atoms with Crippen molar-refractivity contribution in [3.05, 3.63) is 28.8 Å². The van der Waals surface area contributed by atoms with E-state index in [1.54, 1.807) is 18.2 Å².